The summed E-state index contributed by atoms with van der Waals surface area (Å²) in [4.78, 5) is 10.7. The zero-order valence-corrected chi connectivity index (χ0v) is 9.58. The maximum Gasteiger partial charge on any atom is 0.339 e. The van der Waals surface area contributed by atoms with Crippen molar-refractivity contribution in [2.45, 2.75) is 26.9 Å². The monoisotopic (exact) mass is 224 g/mol. The second kappa shape index (κ2) is 5.51. The molecule has 0 aromatic carbocycles. The van der Waals surface area contributed by atoms with Crippen molar-refractivity contribution in [3.63, 3.8) is 0 Å². The molecular formula is C12H16O4. The fraction of sp³-hybridized carbons (Fsp3) is 0.417. The van der Waals surface area contributed by atoms with E-state index in [1.807, 2.05) is 6.92 Å². The van der Waals surface area contributed by atoms with Crippen molar-refractivity contribution in [2.75, 3.05) is 6.61 Å². The standard InChI is InChI=1S/C12H16O4/c1-8(2)4-5-15-7-10-6-11(12(13)14)9(3)16-10/h6H,1,4-5,7H2,2-3H3,(H,13,14). The molecule has 4 heteroatoms. The molecule has 0 aliphatic carbocycles. The lowest BCUT2D eigenvalue weighted by molar-refractivity contribution is 0.0695. The smallest absolute Gasteiger partial charge is 0.339 e. The van der Waals surface area contributed by atoms with Crippen LogP contribution in [0.2, 0.25) is 0 Å². The molecule has 0 radical (unpaired) electrons. The number of carbonyl (C=O) groups is 1. The summed E-state index contributed by atoms with van der Waals surface area (Å²) in [7, 11) is 0. The molecule has 0 atom stereocenters. The number of aromatic carboxylic acids is 1. The van der Waals surface area contributed by atoms with Crippen LogP contribution in [0.3, 0.4) is 0 Å². The van der Waals surface area contributed by atoms with Crippen LogP contribution < -0.4 is 0 Å². The molecule has 4 nitrogen and oxygen atoms in total. The Labute approximate surface area is 94.5 Å². The van der Waals surface area contributed by atoms with E-state index in [4.69, 9.17) is 14.3 Å². The van der Waals surface area contributed by atoms with Gasteiger partial charge in [0.15, 0.2) is 0 Å². The minimum absolute atomic E-state index is 0.193. The summed E-state index contributed by atoms with van der Waals surface area (Å²) in [6, 6.07) is 1.50. The highest BCUT2D eigenvalue weighted by atomic mass is 16.5. The van der Waals surface area contributed by atoms with Crippen LogP contribution in [0, 0.1) is 6.92 Å². The van der Waals surface area contributed by atoms with Gasteiger partial charge in [-0.1, -0.05) is 5.57 Å². The highest BCUT2D eigenvalue weighted by Crippen LogP contribution is 2.15. The van der Waals surface area contributed by atoms with Gasteiger partial charge in [0.05, 0.1) is 6.61 Å². The average molecular weight is 224 g/mol. The van der Waals surface area contributed by atoms with Gasteiger partial charge < -0.3 is 14.3 Å². The zero-order chi connectivity index (χ0) is 12.1. The first-order valence-corrected chi connectivity index (χ1v) is 5.05. The van der Waals surface area contributed by atoms with Crippen molar-refractivity contribution in [3.8, 4) is 0 Å². The van der Waals surface area contributed by atoms with Crippen LogP contribution in [-0.2, 0) is 11.3 Å². The molecule has 0 aliphatic heterocycles. The summed E-state index contributed by atoms with van der Waals surface area (Å²) in [5.74, 6) is -0.0305. The predicted octanol–water partition coefficient (Wildman–Crippen LogP) is 2.77. The minimum atomic E-state index is -0.977. The molecule has 0 amide bonds. The number of aryl methyl sites for hydroxylation is 1. The summed E-state index contributed by atoms with van der Waals surface area (Å²) in [6.07, 6.45) is 0.797. The molecule has 0 spiro atoms. The van der Waals surface area contributed by atoms with Crippen LogP contribution in [0.15, 0.2) is 22.6 Å². The number of carboxylic acid groups (broad SMARTS) is 1. The third-order valence-corrected chi connectivity index (χ3v) is 2.12. The summed E-state index contributed by atoms with van der Waals surface area (Å²) in [5, 5.41) is 8.81. The zero-order valence-electron chi connectivity index (χ0n) is 9.58. The van der Waals surface area contributed by atoms with E-state index in [9.17, 15) is 4.79 Å². The molecule has 1 aromatic heterocycles. The first-order valence-electron chi connectivity index (χ1n) is 5.05. The summed E-state index contributed by atoms with van der Waals surface area (Å²) in [6.45, 7) is 8.18. The minimum Gasteiger partial charge on any atom is -0.478 e. The lowest BCUT2D eigenvalue weighted by atomic mass is 10.2. The van der Waals surface area contributed by atoms with E-state index in [1.165, 1.54) is 6.07 Å². The summed E-state index contributed by atoms with van der Waals surface area (Å²) in [5.41, 5.74) is 1.25. The lowest BCUT2D eigenvalue weighted by Gasteiger charge is -2.00. The number of carboxylic acids is 1. The van der Waals surface area contributed by atoms with Gasteiger partial charge in [0, 0.05) is 0 Å². The van der Waals surface area contributed by atoms with Crippen molar-refractivity contribution in [3.05, 3.63) is 35.3 Å². The van der Waals surface area contributed by atoms with Crippen molar-refractivity contribution in [1.29, 1.82) is 0 Å². The molecule has 1 N–H and O–H groups in total. The fourth-order valence-corrected chi connectivity index (χ4v) is 1.25. The Hall–Kier alpha value is -1.55. The summed E-state index contributed by atoms with van der Waals surface area (Å²) >= 11 is 0. The number of ether oxygens (including phenoxy) is 1. The Morgan fingerprint density at radius 3 is 2.81 bits per heavy atom. The Morgan fingerprint density at radius 1 is 1.62 bits per heavy atom. The average Bonchev–Trinajstić information content (AvgIpc) is 2.54. The SMILES string of the molecule is C=C(C)CCOCc1cc(C(=O)O)c(C)o1. The first-order chi connectivity index (χ1) is 7.50. The molecule has 0 saturated carbocycles. The molecule has 0 fully saturated rings. The second-order valence-corrected chi connectivity index (χ2v) is 3.75. The van der Waals surface area contributed by atoms with Gasteiger partial charge in [-0.2, -0.15) is 0 Å². The molecular weight excluding hydrogens is 208 g/mol. The topological polar surface area (TPSA) is 59.7 Å². The van der Waals surface area contributed by atoms with Gasteiger partial charge in [-0.05, 0) is 26.3 Å². The van der Waals surface area contributed by atoms with Crippen molar-refractivity contribution in [2.24, 2.45) is 0 Å². The Balaban J connectivity index is 2.46. The van der Waals surface area contributed by atoms with Gasteiger partial charge in [-0.25, -0.2) is 4.79 Å². The molecule has 1 aromatic rings. The molecule has 16 heavy (non-hydrogen) atoms. The molecule has 0 saturated heterocycles. The van der Waals surface area contributed by atoms with E-state index in [0.29, 0.717) is 24.7 Å². The van der Waals surface area contributed by atoms with Gasteiger partial charge in [0.2, 0.25) is 0 Å². The number of furan rings is 1. The number of hydrogen-bond donors (Lipinski definition) is 1. The van der Waals surface area contributed by atoms with Gasteiger partial charge in [0.1, 0.15) is 23.7 Å². The van der Waals surface area contributed by atoms with Gasteiger partial charge in [-0.3, -0.25) is 0 Å². The van der Waals surface area contributed by atoms with E-state index < -0.39 is 5.97 Å². The van der Waals surface area contributed by atoms with Crippen LogP contribution in [-0.4, -0.2) is 17.7 Å². The number of hydrogen-bond acceptors (Lipinski definition) is 3. The van der Waals surface area contributed by atoms with Crippen molar-refractivity contribution in [1.82, 2.24) is 0 Å². The third kappa shape index (κ3) is 3.55. The first kappa shape index (κ1) is 12.5. The second-order valence-electron chi connectivity index (χ2n) is 3.75. The van der Waals surface area contributed by atoms with E-state index in [-0.39, 0.29) is 5.56 Å². The highest BCUT2D eigenvalue weighted by molar-refractivity contribution is 5.88. The predicted molar refractivity (Wildman–Crippen MR) is 59.5 cm³/mol. The largest absolute Gasteiger partial charge is 0.478 e. The summed E-state index contributed by atoms with van der Waals surface area (Å²) < 4.78 is 10.6. The molecule has 1 heterocycles. The quantitative estimate of drug-likeness (QED) is 0.596. The van der Waals surface area contributed by atoms with Crippen LogP contribution in [0.1, 0.15) is 35.2 Å². The molecule has 1 rings (SSSR count). The fourth-order valence-electron chi connectivity index (χ4n) is 1.25. The van der Waals surface area contributed by atoms with Crippen molar-refractivity contribution < 1.29 is 19.1 Å². The Morgan fingerprint density at radius 2 is 2.31 bits per heavy atom. The van der Waals surface area contributed by atoms with Crippen LogP contribution in [0.5, 0.6) is 0 Å². The lowest BCUT2D eigenvalue weighted by Crippen LogP contribution is -1.96. The molecule has 88 valence electrons. The van der Waals surface area contributed by atoms with Crippen LogP contribution in [0.4, 0.5) is 0 Å². The van der Waals surface area contributed by atoms with Crippen molar-refractivity contribution >= 4 is 5.97 Å². The molecule has 0 unspecified atom stereocenters. The Bertz CT molecular complexity index is 390. The van der Waals surface area contributed by atoms with E-state index >= 15 is 0 Å². The number of rotatable bonds is 6. The van der Waals surface area contributed by atoms with E-state index in [2.05, 4.69) is 6.58 Å². The third-order valence-electron chi connectivity index (χ3n) is 2.12. The maximum absolute atomic E-state index is 10.7. The maximum atomic E-state index is 10.7. The van der Waals surface area contributed by atoms with Gasteiger partial charge in [-0.15, -0.1) is 6.58 Å². The van der Waals surface area contributed by atoms with E-state index in [0.717, 1.165) is 12.0 Å². The van der Waals surface area contributed by atoms with Crippen LogP contribution in [0.25, 0.3) is 0 Å². The Kier molecular flexibility index (Phi) is 4.31. The van der Waals surface area contributed by atoms with Crippen LogP contribution >= 0.6 is 0 Å². The van der Waals surface area contributed by atoms with E-state index in [1.54, 1.807) is 6.92 Å². The highest BCUT2D eigenvalue weighted by Gasteiger charge is 2.13. The normalized spacial score (nSPS) is 10.4. The molecule has 0 bridgehead atoms. The van der Waals surface area contributed by atoms with Gasteiger partial charge >= 0.3 is 5.97 Å². The van der Waals surface area contributed by atoms with Gasteiger partial charge in [0.25, 0.3) is 0 Å². The molecule has 0 aliphatic rings.